The van der Waals surface area contributed by atoms with Crippen LogP contribution in [0.25, 0.3) is 0 Å². The lowest BCUT2D eigenvalue weighted by molar-refractivity contribution is 0.0224. The van der Waals surface area contributed by atoms with Gasteiger partial charge in [-0.3, -0.25) is 4.98 Å². The number of nitrogens with zero attached hydrogens (tertiary/aromatic N) is 2. The first kappa shape index (κ1) is 18.3. The molecule has 1 aliphatic heterocycles. The van der Waals surface area contributed by atoms with E-state index < -0.39 is 11.2 Å². The van der Waals surface area contributed by atoms with Gasteiger partial charge in [0.05, 0.1) is 6.04 Å². The predicted octanol–water partition coefficient (Wildman–Crippen LogP) is 3.28. The maximum atomic E-state index is 12.4. The highest BCUT2D eigenvalue weighted by atomic mass is 16.6. The molecule has 0 spiro atoms. The van der Waals surface area contributed by atoms with Gasteiger partial charge in [-0.25, -0.2) is 4.79 Å². The minimum Gasteiger partial charge on any atom is -0.444 e. The van der Waals surface area contributed by atoms with E-state index in [1.165, 1.54) is 0 Å². The van der Waals surface area contributed by atoms with E-state index in [9.17, 15) is 9.90 Å². The summed E-state index contributed by atoms with van der Waals surface area (Å²) < 4.78 is 5.50. The first-order chi connectivity index (χ1) is 11.1. The fraction of sp³-hybridized carbons (Fsp3) is 0.579. The molecule has 0 aromatic carbocycles. The van der Waals surface area contributed by atoms with Gasteiger partial charge >= 0.3 is 6.09 Å². The van der Waals surface area contributed by atoms with Crippen molar-refractivity contribution < 1.29 is 14.6 Å². The number of hydrogen-bond acceptors (Lipinski definition) is 4. The Hall–Kier alpha value is -2.06. The molecule has 1 aliphatic rings. The van der Waals surface area contributed by atoms with Gasteiger partial charge in [-0.2, -0.15) is 0 Å². The van der Waals surface area contributed by atoms with Crippen molar-refractivity contribution in [2.45, 2.75) is 64.7 Å². The summed E-state index contributed by atoms with van der Waals surface area (Å²) in [7, 11) is 0. The second-order valence-corrected chi connectivity index (χ2v) is 7.65. The summed E-state index contributed by atoms with van der Waals surface area (Å²) in [5.74, 6) is 5.71. The summed E-state index contributed by atoms with van der Waals surface area (Å²) in [6.07, 6.45) is 4.95. The Bertz CT molecular complexity index is 660. The van der Waals surface area contributed by atoms with E-state index >= 15 is 0 Å². The Balaban J connectivity index is 2.20. The highest BCUT2D eigenvalue weighted by Crippen LogP contribution is 2.33. The second kappa shape index (κ2) is 6.82. The number of aromatic nitrogens is 1. The molecule has 0 bridgehead atoms. The molecular weight excluding hydrogens is 304 g/mol. The monoisotopic (exact) mass is 330 g/mol. The molecule has 1 saturated heterocycles. The zero-order valence-corrected chi connectivity index (χ0v) is 15.1. The van der Waals surface area contributed by atoms with Gasteiger partial charge < -0.3 is 14.7 Å². The van der Waals surface area contributed by atoms with Crippen LogP contribution in [0.15, 0.2) is 18.5 Å². The molecule has 1 fully saturated rings. The number of aliphatic hydroxyl groups is 1. The summed E-state index contributed by atoms with van der Waals surface area (Å²) in [5, 5.41) is 9.72. The van der Waals surface area contributed by atoms with Crippen molar-refractivity contribution >= 4 is 6.09 Å². The van der Waals surface area contributed by atoms with E-state index in [1.807, 2.05) is 26.8 Å². The van der Waals surface area contributed by atoms with Gasteiger partial charge in [-0.15, -0.1) is 0 Å². The first-order valence-corrected chi connectivity index (χ1v) is 8.25. The van der Waals surface area contributed by atoms with Crippen LogP contribution in [0.4, 0.5) is 4.79 Å². The average molecular weight is 330 g/mol. The summed E-state index contributed by atoms with van der Waals surface area (Å²) in [6, 6.07) is 1.88. The number of ether oxygens (including phenoxy) is 1. The minimum atomic E-state index is -1.05. The maximum absolute atomic E-state index is 12.4. The lowest BCUT2D eigenvalue weighted by Gasteiger charge is -2.28. The normalized spacial score (nSPS) is 18.1. The maximum Gasteiger partial charge on any atom is 0.410 e. The zero-order valence-electron chi connectivity index (χ0n) is 15.1. The minimum absolute atomic E-state index is 0.0452. The van der Waals surface area contributed by atoms with Crippen molar-refractivity contribution in [2.24, 2.45) is 0 Å². The number of hydrogen-bond donors (Lipinski definition) is 1. The standard InChI is InChI=1S/C19H26N2O3/c1-18(2,3)24-17(22)21-10-6-7-16(21)15-11-14(12-20-13-15)8-9-19(4,5)23/h11-13,16,23H,6-7,10H2,1-5H3/t16-/m0/s1. The topological polar surface area (TPSA) is 62.7 Å². The van der Waals surface area contributed by atoms with Crippen molar-refractivity contribution in [3.05, 3.63) is 29.6 Å². The lowest BCUT2D eigenvalue weighted by Crippen LogP contribution is -2.36. The molecule has 5 nitrogen and oxygen atoms in total. The van der Waals surface area contributed by atoms with Crippen LogP contribution in [0.5, 0.6) is 0 Å². The largest absolute Gasteiger partial charge is 0.444 e. The van der Waals surface area contributed by atoms with Gasteiger partial charge in [0.25, 0.3) is 0 Å². The summed E-state index contributed by atoms with van der Waals surface area (Å²) in [4.78, 5) is 18.4. The highest BCUT2D eigenvalue weighted by molar-refractivity contribution is 5.69. The molecule has 5 heteroatoms. The van der Waals surface area contributed by atoms with Crippen molar-refractivity contribution in [3.63, 3.8) is 0 Å². The first-order valence-electron chi connectivity index (χ1n) is 8.25. The van der Waals surface area contributed by atoms with Crippen LogP contribution in [0, 0.1) is 11.8 Å². The molecule has 1 N–H and O–H groups in total. The van der Waals surface area contributed by atoms with Crippen LogP contribution >= 0.6 is 0 Å². The Morgan fingerprint density at radius 1 is 1.33 bits per heavy atom. The third-order valence-electron chi connectivity index (χ3n) is 3.54. The van der Waals surface area contributed by atoms with E-state index in [1.54, 1.807) is 31.1 Å². The van der Waals surface area contributed by atoms with E-state index in [-0.39, 0.29) is 12.1 Å². The van der Waals surface area contributed by atoms with E-state index in [0.717, 1.165) is 24.0 Å². The molecule has 2 rings (SSSR count). The molecule has 0 unspecified atom stereocenters. The van der Waals surface area contributed by atoms with Crippen LogP contribution < -0.4 is 0 Å². The van der Waals surface area contributed by atoms with Gasteiger partial charge in [0.2, 0.25) is 0 Å². The third-order valence-corrected chi connectivity index (χ3v) is 3.54. The summed E-state index contributed by atoms with van der Waals surface area (Å²) in [6.45, 7) is 9.55. The van der Waals surface area contributed by atoms with Crippen LogP contribution in [0.2, 0.25) is 0 Å². The zero-order chi connectivity index (χ0) is 18.0. The van der Waals surface area contributed by atoms with Crippen LogP contribution in [-0.4, -0.2) is 38.8 Å². The number of amides is 1. The molecule has 1 atom stereocenters. The molecular formula is C19H26N2O3. The average Bonchev–Trinajstić information content (AvgIpc) is 2.92. The molecule has 0 radical (unpaired) electrons. The van der Waals surface area contributed by atoms with Crippen LogP contribution in [-0.2, 0) is 4.74 Å². The SMILES string of the molecule is CC(C)(O)C#Cc1cncc([C@@H]2CCCN2C(=O)OC(C)(C)C)c1. The lowest BCUT2D eigenvalue weighted by atomic mass is 10.0. The smallest absolute Gasteiger partial charge is 0.410 e. The number of rotatable bonds is 1. The van der Waals surface area contributed by atoms with E-state index in [0.29, 0.717) is 6.54 Å². The Labute approximate surface area is 144 Å². The number of carbonyl (C=O) groups excluding carboxylic acids is 1. The van der Waals surface area contributed by atoms with E-state index in [4.69, 9.17) is 4.74 Å². The number of carbonyl (C=O) groups is 1. The predicted molar refractivity (Wildman–Crippen MR) is 92.3 cm³/mol. The molecule has 0 saturated carbocycles. The molecule has 1 aromatic rings. The van der Waals surface area contributed by atoms with Crippen LogP contribution in [0.1, 0.15) is 64.6 Å². The molecule has 2 heterocycles. The van der Waals surface area contributed by atoms with Crippen LogP contribution in [0.3, 0.4) is 0 Å². The fourth-order valence-corrected chi connectivity index (χ4v) is 2.59. The third kappa shape index (κ3) is 5.24. The molecule has 130 valence electrons. The fourth-order valence-electron chi connectivity index (χ4n) is 2.59. The Morgan fingerprint density at radius 3 is 2.67 bits per heavy atom. The van der Waals surface area contributed by atoms with E-state index in [2.05, 4.69) is 16.8 Å². The summed E-state index contributed by atoms with van der Waals surface area (Å²) in [5.41, 5.74) is 0.112. The Morgan fingerprint density at radius 2 is 2.04 bits per heavy atom. The van der Waals surface area contributed by atoms with Crippen molar-refractivity contribution in [3.8, 4) is 11.8 Å². The van der Waals surface area contributed by atoms with Gasteiger partial charge in [0.1, 0.15) is 11.2 Å². The number of pyridine rings is 1. The quantitative estimate of drug-likeness (QED) is 0.803. The molecule has 1 amide bonds. The van der Waals surface area contributed by atoms with Gasteiger partial charge in [-0.1, -0.05) is 11.8 Å². The van der Waals surface area contributed by atoms with Gasteiger partial charge in [0.15, 0.2) is 0 Å². The number of likely N-dealkylation sites (tertiary alicyclic amines) is 1. The Kier molecular flexibility index (Phi) is 5.19. The highest BCUT2D eigenvalue weighted by Gasteiger charge is 2.33. The van der Waals surface area contributed by atoms with Gasteiger partial charge in [0, 0.05) is 24.5 Å². The molecule has 24 heavy (non-hydrogen) atoms. The van der Waals surface area contributed by atoms with Gasteiger partial charge in [-0.05, 0) is 59.1 Å². The van der Waals surface area contributed by atoms with Crippen molar-refractivity contribution in [1.82, 2.24) is 9.88 Å². The van der Waals surface area contributed by atoms with Crippen molar-refractivity contribution in [1.29, 1.82) is 0 Å². The molecule has 0 aliphatic carbocycles. The molecule has 1 aromatic heterocycles. The summed E-state index contributed by atoms with van der Waals surface area (Å²) >= 11 is 0. The van der Waals surface area contributed by atoms with Crippen molar-refractivity contribution in [2.75, 3.05) is 6.54 Å². The second-order valence-electron chi connectivity index (χ2n) is 7.65.